The molecule has 1 amide bonds. The molecule has 1 heterocycles. The minimum Gasteiger partial charge on any atom is -0.347 e. The molecule has 0 saturated carbocycles. The Labute approximate surface area is 97.6 Å². The molecule has 1 N–H and O–H groups in total. The zero-order chi connectivity index (χ0) is 11.3. The van der Waals surface area contributed by atoms with Gasteiger partial charge >= 0.3 is 0 Å². The van der Waals surface area contributed by atoms with Crippen molar-refractivity contribution in [1.29, 1.82) is 0 Å². The number of aromatic nitrogens is 2. The molecule has 0 radical (unpaired) electrons. The fourth-order valence-electron chi connectivity index (χ4n) is 1.09. The molecule has 82 valence electrons. The second-order valence-electron chi connectivity index (χ2n) is 3.90. The molecule has 0 aromatic carbocycles. The smallest absolute Gasteiger partial charge is 0.254 e. The molecule has 0 saturated heterocycles. The van der Waals surface area contributed by atoms with Gasteiger partial charge in [-0.25, -0.2) is 9.97 Å². The van der Waals surface area contributed by atoms with Crippen molar-refractivity contribution in [2.24, 2.45) is 0 Å². The van der Waals surface area contributed by atoms with Crippen molar-refractivity contribution < 1.29 is 4.79 Å². The molecule has 0 unspecified atom stereocenters. The first-order valence-electron chi connectivity index (χ1n) is 4.69. The van der Waals surface area contributed by atoms with Gasteiger partial charge in [-0.1, -0.05) is 15.9 Å². The molecule has 4 nitrogen and oxygen atoms in total. The molecular formula is C10H14BrN3O. The number of hydrogen-bond acceptors (Lipinski definition) is 3. The van der Waals surface area contributed by atoms with Crippen LogP contribution >= 0.6 is 15.9 Å². The second kappa shape index (κ2) is 5.21. The van der Waals surface area contributed by atoms with Crippen LogP contribution < -0.4 is 5.32 Å². The number of carbonyl (C=O) groups is 1. The molecule has 5 heteroatoms. The van der Waals surface area contributed by atoms with Gasteiger partial charge in [-0.15, -0.1) is 0 Å². The predicted molar refractivity (Wildman–Crippen MR) is 62.0 cm³/mol. The van der Waals surface area contributed by atoms with E-state index in [1.54, 1.807) is 0 Å². The summed E-state index contributed by atoms with van der Waals surface area (Å²) in [5.41, 5.74) is 0.260. The van der Waals surface area contributed by atoms with Crippen LogP contribution in [0.2, 0.25) is 0 Å². The van der Waals surface area contributed by atoms with E-state index in [-0.39, 0.29) is 11.4 Å². The molecule has 0 fully saturated rings. The van der Waals surface area contributed by atoms with Gasteiger partial charge in [0.1, 0.15) is 6.33 Å². The van der Waals surface area contributed by atoms with Gasteiger partial charge in [0.25, 0.3) is 5.91 Å². The number of alkyl halides is 1. The third-order valence-electron chi connectivity index (χ3n) is 1.99. The summed E-state index contributed by atoms with van der Waals surface area (Å²) in [7, 11) is 0. The lowest BCUT2D eigenvalue weighted by Gasteiger charge is -2.25. The van der Waals surface area contributed by atoms with Crippen LogP contribution in [-0.2, 0) is 0 Å². The molecule has 0 atom stereocenters. The molecule has 15 heavy (non-hydrogen) atoms. The van der Waals surface area contributed by atoms with Gasteiger partial charge in [-0.3, -0.25) is 4.79 Å². The van der Waals surface area contributed by atoms with E-state index in [9.17, 15) is 4.79 Å². The number of halogens is 1. The van der Waals surface area contributed by atoms with Crippen LogP contribution in [0.25, 0.3) is 0 Å². The van der Waals surface area contributed by atoms with Crippen LogP contribution in [0, 0.1) is 0 Å². The van der Waals surface area contributed by atoms with Crippen molar-refractivity contribution in [3.8, 4) is 0 Å². The number of nitrogens with zero attached hydrogens (tertiary/aromatic N) is 2. The lowest BCUT2D eigenvalue weighted by Crippen LogP contribution is -2.43. The Bertz CT molecular complexity index is 327. The van der Waals surface area contributed by atoms with E-state index in [2.05, 4.69) is 31.2 Å². The normalized spacial score (nSPS) is 11.1. The predicted octanol–water partition coefficient (Wildman–Crippen LogP) is 1.77. The van der Waals surface area contributed by atoms with Crippen LogP contribution in [-0.4, -0.2) is 26.7 Å². The van der Waals surface area contributed by atoms with E-state index in [4.69, 9.17) is 0 Å². The standard InChI is InChI=1S/C10H14BrN3O/c1-10(2,3-4-11)14-9(15)8-5-12-7-13-6-8/h5-7H,3-4H2,1-2H3,(H,14,15). The van der Waals surface area contributed by atoms with Gasteiger partial charge in [0.05, 0.1) is 5.56 Å². The van der Waals surface area contributed by atoms with Gasteiger partial charge in [0.15, 0.2) is 0 Å². The van der Waals surface area contributed by atoms with Gasteiger partial charge in [-0.05, 0) is 20.3 Å². The SMILES string of the molecule is CC(C)(CCBr)NC(=O)c1cncnc1. The average Bonchev–Trinajstić information content (AvgIpc) is 2.18. The lowest BCUT2D eigenvalue weighted by atomic mass is 10.0. The van der Waals surface area contributed by atoms with E-state index in [0.717, 1.165) is 11.8 Å². The molecule has 0 aliphatic heterocycles. The third kappa shape index (κ3) is 3.95. The maximum atomic E-state index is 11.7. The van der Waals surface area contributed by atoms with Crippen molar-refractivity contribution in [3.63, 3.8) is 0 Å². The molecule has 0 aliphatic rings. The van der Waals surface area contributed by atoms with Crippen LogP contribution in [0.4, 0.5) is 0 Å². The topological polar surface area (TPSA) is 54.9 Å². The zero-order valence-electron chi connectivity index (χ0n) is 8.83. The monoisotopic (exact) mass is 271 g/mol. The summed E-state index contributed by atoms with van der Waals surface area (Å²) in [6.07, 6.45) is 5.28. The summed E-state index contributed by atoms with van der Waals surface area (Å²) in [6.45, 7) is 3.96. The number of nitrogens with one attached hydrogen (secondary N) is 1. The first kappa shape index (κ1) is 12.1. The van der Waals surface area contributed by atoms with Gasteiger partial charge in [0, 0.05) is 23.3 Å². The first-order chi connectivity index (χ1) is 7.05. The molecule has 1 aromatic rings. The first-order valence-corrected chi connectivity index (χ1v) is 5.81. The Kier molecular flexibility index (Phi) is 4.20. The van der Waals surface area contributed by atoms with Gasteiger partial charge in [0.2, 0.25) is 0 Å². The highest BCUT2D eigenvalue weighted by atomic mass is 79.9. The molecule has 0 aliphatic carbocycles. The average molecular weight is 272 g/mol. The van der Waals surface area contributed by atoms with E-state index >= 15 is 0 Å². The van der Waals surface area contributed by atoms with Crippen molar-refractivity contribution in [2.75, 3.05) is 5.33 Å². The largest absolute Gasteiger partial charge is 0.347 e. The van der Waals surface area contributed by atoms with E-state index < -0.39 is 0 Å². The van der Waals surface area contributed by atoms with E-state index in [1.807, 2.05) is 13.8 Å². The second-order valence-corrected chi connectivity index (χ2v) is 4.70. The summed E-state index contributed by atoms with van der Waals surface area (Å²) in [5.74, 6) is -0.137. The molecule has 1 rings (SSSR count). The number of carbonyl (C=O) groups excluding carboxylic acids is 1. The van der Waals surface area contributed by atoms with Crippen molar-refractivity contribution in [3.05, 3.63) is 24.3 Å². The quantitative estimate of drug-likeness (QED) is 0.850. The Morgan fingerprint density at radius 2 is 2.07 bits per heavy atom. The molecule has 0 bridgehead atoms. The van der Waals surface area contributed by atoms with Crippen LogP contribution in [0.3, 0.4) is 0 Å². The maximum absolute atomic E-state index is 11.7. The molecule has 1 aromatic heterocycles. The van der Waals surface area contributed by atoms with Crippen molar-refractivity contribution in [2.45, 2.75) is 25.8 Å². The Morgan fingerprint density at radius 1 is 1.47 bits per heavy atom. The highest BCUT2D eigenvalue weighted by Gasteiger charge is 2.20. The van der Waals surface area contributed by atoms with Crippen LogP contribution in [0.5, 0.6) is 0 Å². The number of rotatable bonds is 4. The summed E-state index contributed by atoms with van der Waals surface area (Å²) >= 11 is 3.36. The molecular weight excluding hydrogens is 258 g/mol. The minimum atomic E-state index is -0.226. The lowest BCUT2D eigenvalue weighted by molar-refractivity contribution is 0.0911. The van der Waals surface area contributed by atoms with Gasteiger partial charge in [-0.2, -0.15) is 0 Å². The van der Waals surface area contributed by atoms with E-state index in [0.29, 0.717) is 5.56 Å². The van der Waals surface area contributed by atoms with Gasteiger partial charge < -0.3 is 5.32 Å². The Morgan fingerprint density at radius 3 is 2.60 bits per heavy atom. The van der Waals surface area contributed by atoms with E-state index in [1.165, 1.54) is 18.7 Å². The summed E-state index contributed by atoms with van der Waals surface area (Å²) in [6, 6.07) is 0. The highest BCUT2D eigenvalue weighted by Crippen LogP contribution is 2.11. The third-order valence-corrected chi connectivity index (χ3v) is 2.39. The Balaban J connectivity index is 2.64. The molecule has 0 spiro atoms. The summed E-state index contributed by atoms with van der Waals surface area (Å²) in [5, 5.41) is 3.78. The summed E-state index contributed by atoms with van der Waals surface area (Å²) < 4.78 is 0. The van der Waals surface area contributed by atoms with Crippen LogP contribution in [0.15, 0.2) is 18.7 Å². The minimum absolute atomic E-state index is 0.137. The number of amides is 1. The Hall–Kier alpha value is -0.970. The highest BCUT2D eigenvalue weighted by molar-refractivity contribution is 9.09. The fraction of sp³-hybridized carbons (Fsp3) is 0.500. The van der Waals surface area contributed by atoms with Crippen molar-refractivity contribution >= 4 is 21.8 Å². The zero-order valence-corrected chi connectivity index (χ0v) is 10.4. The van der Waals surface area contributed by atoms with Crippen molar-refractivity contribution in [1.82, 2.24) is 15.3 Å². The summed E-state index contributed by atoms with van der Waals surface area (Å²) in [4.78, 5) is 19.3. The number of hydrogen-bond donors (Lipinski definition) is 1. The van der Waals surface area contributed by atoms with Crippen LogP contribution in [0.1, 0.15) is 30.6 Å². The maximum Gasteiger partial charge on any atom is 0.254 e. The fourth-order valence-corrected chi connectivity index (χ4v) is 2.09.